The van der Waals surface area contributed by atoms with Crippen LogP contribution in [0.25, 0.3) is 11.3 Å². The highest BCUT2D eigenvalue weighted by Crippen LogP contribution is 2.30. The molecule has 1 aromatic carbocycles. The second-order valence-electron chi connectivity index (χ2n) is 3.26. The van der Waals surface area contributed by atoms with Gasteiger partial charge in [0.15, 0.2) is 5.13 Å². The highest BCUT2D eigenvalue weighted by atomic mass is 32.1. The highest BCUT2D eigenvalue weighted by Gasteiger charge is 2.10. The molecule has 5 heteroatoms. The van der Waals surface area contributed by atoms with E-state index >= 15 is 0 Å². The first-order chi connectivity index (χ1) is 7.74. The molecule has 0 fully saturated rings. The van der Waals surface area contributed by atoms with Crippen molar-refractivity contribution in [2.45, 2.75) is 6.54 Å². The molecular formula is C11H13N3OS. The number of nitrogen functional groups attached to an aromatic ring is 1. The van der Waals surface area contributed by atoms with Gasteiger partial charge in [0, 0.05) is 17.0 Å². The van der Waals surface area contributed by atoms with Crippen LogP contribution in [0.5, 0.6) is 5.75 Å². The zero-order valence-corrected chi connectivity index (χ0v) is 9.75. The molecule has 2 aromatic rings. The molecule has 16 heavy (non-hydrogen) atoms. The zero-order chi connectivity index (χ0) is 11.5. The van der Waals surface area contributed by atoms with E-state index in [1.54, 1.807) is 7.11 Å². The Morgan fingerprint density at radius 3 is 2.56 bits per heavy atom. The lowest BCUT2D eigenvalue weighted by Gasteiger charge is -2.02. The first-order valence-corrected chi connectivity index (χ1v) is 5.66. The van der Waals surface area contributed by atoms with Gasteiger partial charge < -0.3 is 16.2 Å². The number of hydrogen-bond donors (Lipinski definition) is 2. The second kappa shape index (κ2) is 4.51. The number of methoxy groups -OCH3 is 1. The van der Waals surface area contributed by atoms with Crippen LogP contribution < -0.4 is 16.2 Å². The van der Waals surface area contributed by atoms with Crippen molar-refractivity contribution >= 4 is 16.5 Å². The van der Waals surface area contributed by atoms with E-state index in [1.165, 1.54) is 11.3 Å². The summed E-state index contributed by atoms with van der Waals surface area (Å²) in [4.78, 5) is 5.29. The van der Waals surface area contributed by atoms with Gasteiger partial charge in [0.25, 0.3) is 0 Å². The van der Waals surface area contributed by atoms with Gasteiger partial charge in [-0.05, 0) is 24.3 Å². The summed E-state index contributed by atoms with van der Waals surface area (Å²) in [5.74, 6) is 0.821. The maximum absolute atomic E-state index is 5.68. The van der Waals surface area contributed by atoms with E-state index < -0.39 is 0 Å². The van der Waals surface area contributed by atoms with E-state index in [0.717, 1.165) is 21.9 Å². The normalized spacial score (nSPS) is 10.4. The SMILES string of the molecule is COc1ccc(-c2nc(N)sc2CN)cc1. The third-order valence-electron chi connectivity index (χ3n) is 2.26. The first kappa shape index (κ1) is 10.9. The fraction of sp³-hybridized carbons (Fsp3) is 0.182. The van der Waals surface area contributed by atoms with Gasteiger partial charge in [-0.3, -0.25) is 0 Å². The number of hydrogen-bond acceptors (Lipinski definition) is 5. The Morgan fingerprint density at radius 1 is 1.31 bits per heavy atom. The molecule has 0 spiro atoms. The van der Waals surface area contributed by atoms with Crippen molar-refractivity contribution in [2.75, 3.05) is 12.8 Å². The molecule has 4 N–H and O–H groups in total. The molecule has 0 radical (unpaired) electrons. The monoisotopic (exact) mass is 235 g/mol. The number of ether oxygens (including phenoxy) is 1. The number of nitrogens with zero attached hydrogens (tertiary/aromatic N) is 1. The first-order valence-electron chi connectivity index (χ1n) is 4.84. The lowest BCUT2D eigenvalue weighted by molar-refractivity contribution is 0.415. The molecule has 4 nitrogen and oxygen atoms in total. The molecule has 2 rings (SSSR count). The van der Waals surface area contributed by atoms with E-state index in [4.69, 9.17) is 16.2 Å². The Morgan fingerprint density at radius 2 is 2.00 bits per heavy atom. The van der Waals surface area contributed by atoms with Crippen molar-refractivity contribution in [1.29, 1.82) is 0 Å². The minimum atomic E-state index is 0.455. The van der Waals surface area contributed by atoms with Crippen LogP contribution in [0.2, 0.25) is 0 Å². The predicted octanol–water partition coefficient (Wildman–Crippen LogP) is 1.86. The predicted molar refractivity (Wildman–Crippen MR) is 66.4 cm³/mol. The van der Waals surface area contributed by atoms with Gasteiger partial charge in [-0.1, -0.05) is 0 Å². The smallest absolute Gasteiger partial charge is 0.180 e. The van der Waals surface area contributed by atoms with Crippen LogP contribution in [0.4, 0.5) is 5.13 Å². The Hall–Kier alpha value is -1.59. The van der Waals surface area contributed by atoms with Gasteiger partial charge in [-0.25, -0.2) is 4.98 Å². The fourth-order valence-electron chi connectivity index (χ4n) is 1.48. The van der Waals surface area contributed by atoms with Crippen LogP contribution in [-0.2, 0) is 6.54 Å². The maximum Gasteiger partial charge on any atom is 0.180 e. The van der Waals surface area contributed by atoms with Crippen molar-refractivity contribution in [2.24, 2.45) is 5.73 Å². The summed E-state index contributed by atoms with van der Waals surface area (Å²) in [5.41, 5.74) is 13.2. The van der Waals surface area contributed by atoms with Crippen LogP contribution in [0.3, 0.4) is 0 Å². The maximum atomic E-state index is 5.68. The molecule has 1 heterocycles. The van der Waals surface area contributed by atoms with Crippen molar-refractivity contribution in [3.05, 3.63) is 29.1 Å². The number of rotatable bonds is 3. The van der Waals surface area contributed by atoms with Crippen LogP contribution in [0, 0.1) is 0 Å². The third-order valence-corrected chi connectivity index (χ3v) is 3.17. The summed E-state index contributed by atoms with van der Waals surface area (Å²) in [7, 11) is 1.64. The molecule has 0 atom stereocenters. The van der Waals surface area contributed by atoms with E-state index in [1.807, 2.05) is 24.3 Å². The van der Waals surface area contributed by atoms with Gasteiger partial charge in [0.05, 0.1) is 12.8 Å². The van der Waals surface area contributed by atoms with Crippen molar-refractivity contribution in [3.63, 3.8) is 0 Å². The Kier molecular flexibility index (Phi) is 3.07. The third kappa shape index (κ3) is 2.00. The number of anilines is 1. The van der Waals surface area contributed by atoms with Gasteiger partial charge >= 0.3 is 0 Å². The van der Waals surface area contributed by atoms with E-state index in [-0.39, 0.29) is 0 Å². The quantitative estimate of drug-likeness (QED) is 0.851. The van der Waals surface area contributed by atoms with Crippen LogP contribution in [0.15, 0.2) is 24.3 Å². The summed E-state index contributed by atoms with van der Waals surface area (Å²) in [6, 6.07) is 7.69. The van der Waals surface area contributed by atoms with Crippen molar-refractivity contribution in [1.82, 2.24) is 4.98 Å². The van der Waals surface area contributed by atoms with Crippen LogP contribution in [-0.4, -0.2) is 12.1 Å². The van der Waals surface area contributed by atoms with Crippen molar-refractivity contribution in [3.8, 4) is 17.0 Å². The Balaban J connectivity index is 2.41. The van der Waals surface area contributed by atoms with Crippen LogP contribution in [0.1, 0.15) is 4.88 Å². The summed E-state index contributed by atoms with van der Waals surface area (Å²) >= 11 is 1.43. The standard InChI is InChI=1S/C11H13N3OS/c1-15-8-4-2-7(3-5-8)10-9(6-12)16-11(13)14-10/h2-5H,6,12H2,1H3,(H2,13,14). The van der Waals surface area contributed by atoms with Gasteiger partial charge in [-0.15, -0.1) is 11.3 Å². The number of benzene rings is 1. The lowest BCUT2D eigenvalue weighted by Crippen LogP contribution is -1.95. The average Bonchev–Trinajstić information content (AvgIpc) is 2.70. The Labute approximate surface area is 97.9 Å². The van der Waals surface area contributed by atoms with E-state index in [0.29, 0.717) is 11.7 Å². The number of thiazole rings is 1. The molecule has 0 aliphatic heterocycles. The molecule has 0 bridgehead atoms. The molecule has 84 valence electrons. The topological polar surface area (TPSA) is 74.2 Å². The van der Waals surface area contributed by atoms with E-state index in [2.05, 4.69) is 4.98 Å². The number of nitrogens with two attached hydrogens (primary N) is 2. The minimum absolute atomic E-state index is 0.455. The second-order valence-corrected chi connectivity index (χ2v) is 4.37. The Bertz CT molecular complexity index is 478. The largest absolute Gasteiger partial charge is 0.497 e. The van der Waals surface area contributed by atoms with Gasteiger partial charge in [0.1, 0.15) is 5.75 Å². The zero-order valence-electron chi connectivity index (χ0n) is 8.93. The molecular weight excluding hydrogens is 222 g/mol. The average molecular weight is 235 g/mol. The molecule has 1 aromatic heterocycles. The molecule has 0 unspecified atom stereocenters. The van der Waals surface area contributed by atoms with Gasteiger partial charge in [0.2, 0.25) is 0 Å². The number of aromatic nitrogens is 1. The summed E-state index contributed by atoms with van der Waals surface area (Å²) < 4.78 is 5.10. The highest BCUT2D eigenvalue weighted by molar-refractivity contribution is 7.15. The minimum Gasteiger partial charge on any atom is -0.497 e. The summed E-state index contributed by atoms with van der Waals surface area (Å²) in [5, 5.41) is 0.547. The molecule has 0 saturated heterocycles. The van der Waals surface area contributed by atoms with Crippen LogP contribution >= 0.6 is 11.3 Å². The fourth-order valence-corrected chi connectivity index (χ4v) is 2.22. The lowest BCUT2D eigenvalue weighted by atomic mass is 10.1. The molecule has 0 amide bonds. The van der Waals surface area contributed by atoms with Gasteiger partial charge in [-0.2, -0.15) is 0 Å². The van der Waals surface area contributed by atoms with E-state index in [9.17, 15) is 0 Å². The molecule has 0 aliphatic carbocycles. The molecule has 0 saturated carbocycles. The summed E-state index contributed by atoms with van der Waals surface area (Å²) in [6.45, 7) is 0.455. The summed E-state index contributed by atoms with van der Waals surface area (Å²) in [6.07, 6.45) is 0. The van der Waals surface area contributed by atoms with Crippen molar-refractivity contribution < 1.29 is 4.74 Å². The molecule has 0 aliphatic rings.